The van der Waals surface area contributed by atoms with Crippen molar-refractivity contribution in [1.82, 2.24) is 29.7 Å². The van der Waals surface area contributed by atoms with Gasteiger partial charge in [0.2, 0.25) is 11.9 Å². The van der Waals surface area contributed by atoms with E-state index in [0.717, 1.165) is 28.1 Å². The summed E-state index contributed by atoms with van der Waals surface area (Å²) in [5, 5.41) is 14.7. The normalized spacial score (nSPS) is 10.9. The highest BCUT2D eigenvalue weighted by Gasteiger charge is 2.15. The molecular weight excluding hydrogens is 420 g/mol. The van der Waals surface area contributed by atoms with Crippen molar-refractivity contribution < 1.29 is 4.74 Å². The molecular formula is C19H20N8OS2. The Kier molecular flexibility index (Phi) is 6.10. The average Bonchev–Trinajstić information content (AvgIpc) is 3.41. The monoisotopic (exact) mass is 440 g/mol. The van der Waals surface area contributed by atoms with Crippen LogP contribution in [0.5, 0.6) is 5.75 Å². The number of hydrogen-bond acceptors (Lipinski definition) is 10. The zero-order valence-corrected chi connectivity index (χ0v) is 18.1. The molecule has 0 aliphatic heterocycles. The maximum atomic E-state index is 5.90. The first-order valence-corrected chi connectivity index (χ1v) is 11.0. The highest BCUT2D eigenvalue weighted by atomic mass is 32.2. The Morgan fingerprint density at radius 3 is 2.77 bits per heavy atom. The number of nitrogens with one attached hydrogen (secondary N) is 1. The molecule has 1 aromatic carbocycles. The van der Waals surface area contributed by atoms with Gasteiger partial charge in [0.05, 0.1) is 23.4 Å². The largest absolute Gasteiger partial charge is 0.495 e. The first kappa shape index (κ1) is 20.1. The molecule has 0 saturated carbocycles. The van der Waals surface area contributed by atoms with E-state index in [4.69, 9.17) is 10.5 Å². The minimum atomic E-state index is 0.147. The number of hydrogen-bond donors (Lipinski definition) is 2. The van der Waals surface area contributed by atoms with Crippen LogP contribution in [0.25, 0.3) is 10.7 Å². The van der Waals surface area contributed by atoms with Crippen molar-refractivity contribution in [3.8, 4) is 16.5 Å². The Balaban J connectivity index is 1.52. The Labute approximate surface area is 181 Å². The molecule has 3 heterocycles. The summed E-state index contributed by atoms with van der Waals surface area (Å²) in [6.45, 7) is 2.84. The summed E-state index contributed by atoms with van der Waals surface area (Å²) in [4.78, 5) is 14.0. The Bertz CT molecular complexity index is 1130. The van der Waals surface area contributed by atoms with Crippen molar-refractivity contribution in [3.63, 3.8) is 0 Å². The fraction of sp³-hybridized carbons (Fsp3) is 0.211. The van der Waals surface area contributed by atoms with Crippen LogP contribution in [0.15, 0.2) is 46.9 Å². The molecule has 154 valence electrons. The van der Waals surface area contributed by atoms with Gasteiger partial charge in [0.15, 0.2) is 11.0 Å². The molecule has 4 aromatic rings. The lowest BCUT2D eigenvalue weighted by molar-refractivity contribution is 0.417. The molecule has 0 unspecified atom stereocenters. The summed E-state index contributed by atoms with van der Waals surface area (Å²) in [6.07, 6.45) is 0. The number of aromatic nitrogens is 6. The Morgan fingerprint density at radius 1 is 1.13 bits per heavy atom. The van der Waals surface area contributed by atoms with Crippen LogP contribution in [-0.4, -0.2) is 36.8 Å². The zero-order chi connectivity index (χ0) is 20.9. The number of anilines is 3. The Morgan fingerprint density at radius 2 is 2.00 bits per heavy atom. The van der Waals surface area contributed by atoms with E-state index < -0.39 is 0 Å². The van der Waals surface area contributed by atoms with E-state index in [0.29, 0.717) is 23.3 Å². The summed E-state index contributed by atoms with van der Waals surface area (Å²) < 4.78 is 7.43. The third kappa shape index (κ3) is 4.36. The smallest absolute Gasteiger partial charge is 0.232 e. The molecule has 0 fully saturated rings. The minimum absolute atomic E-state index is 0.147. The standard InChI is InChI=1S/C19H20N8OS2/c1-3-27-16(14-9-6-10-29-14)25-26-19(27)30-11-15-22-17(20)24-18(23-15)21-12-7-4-5-8-13(12)28-2/h4-10H,3,11H2,1-2H3,(H3,20,21,22,23,24). The number of ether oxygens (including phenoxy) is 1. The van der Waals surface area contributed by atoms with Gasteiger partial charge in [-0.05, 0) is 30.5 Å². The number of nitrogens with zero attached hydrogens (tertiary/aromatic N) is 6. The first-order valence-electron chi connectivity index (χ1n) is 9.18. The molecule has 0 aliphatic carbocycles. The number of para-hydroxylation sites is 2. The summed E-state index contributed by atoms with van der Waals surface area (Å²) in [5.74, 6) is 3.09. The van der Waals surface area contributed by atoms with E-state index in [-0.39, 0.29) is 5.95 Å². The fourth-order valence-corrected chi connectivity index (χ4v) is 4.40. The van der Waals surface area contributed by atoms with Gasteiger partial charge < -0.3 is 20.4 Å². The lowest BCUT2D eigenvalue weighted by Gasteiger charge is -2.10. The third-order valence-electron chi connectivity index (χ3n) is 4.16. The van der Waals surface area contributed by atoms with Gasteiger partial charge in [0.1, 0.15) is 11.6 Å². The molecule has 0 bridgehead atoms. The topological polar surface area (TPSA) is 117 Å². The highest BCUT2D eigenvalue weighted by molar-refractivity contribution is 7.98. The number of methoxy groups -OCH3 is 1. The van der Waals surface area contributed by atoms with Gasteiger partial charge in [-0.1, -0.05) is 30.0 Å². The van der Waals surface area contributed by atoms with Crippen LogP contribution in [-0.2, 0) is 12.3 Å². The molecule has 0 spiro atoms. The summed E-state index contributed by atoms with van der Waals surface area (Å²) in [7, 11) is 1.61. The lowest BCUT2D eigenvalue weighted by atomic mass is 10.3. The lowest BCUT2D eigenvalue weighted by Crippen LogP contribution is -2.07. The maximum Gasteiger partial charge on any atom is 0.232 e. The second-order valence-electron chi connectivity index (χ2n) is 6.08. The van der Waals surface area contributed by atoms with Gasteiger partial charge >= 0.3 is 0 Å². The van der Waals surface area contributed by atoms with Gasteiger partial charge in [-0.3, -0.25) is 0 Å². The molecule has 4 rings (SSSR count). The minimum Gasteiger partial charge on any atom is -0.495 e. The number of rotatable bonds is 8. The highest BCUT2D eigenvalue weighted by Crippen LogP contribution is 2.29. The van der Waals surface area contributed by atoms with E-state index in [2.05, 4.69) is 42.0 Å². The van der Waals surface area contributed by atoms with Gasteiger partial charge in [0.25, 0.3) is 0 Å². The van der Waals surface area contributed by atoms with E-state index in [1.54, 1.807) is 18.4 Å². The molecule has 0 amide bonds. The number of benzene rings is 1. The first-order chi connectivity index (χ1) is 14.7. The molecule has 30 heavy (non-hydrogen) atoms. The molecule has 3 aromatic heterocycles. The average molecular weight is 441 g/mol. The van der Waals surface area contributed by atoms with Crippen LogP contribution in [0.3, 0.4) is 0 Å². The van der Waals surface area contributed by atoms with Crippen molar-refractivity contribution in [3.05, 3.63) is 47.6 Å². The maximum absolute atomic E-state index is 5.90. The predicted octanol–water partition coefficient (Wildman–Crippen LogP) is 3.84. The van der Waals surface area contributed by atoms with Crippen LogP contribution < -0.4 is 15.8 Å². The molecule has 0 aliphatic rings. The van der Waals surface area contributed by atoms with Crippen molar-refractivity contribution in [2.45, 2.75) is 24.4 Å². The van der Waals surface area contributed by atoms with Crippen molar-refractivity contribution in [1.29, 1.82) is 0 Å². The third-order valence-corrected chi connectivity index (χ3v) is 5.99. The molecule has 0 saturated heterocycles. The zero-order valence-electron chi connectivity index (χ0n) is 16.4. The number of thiophene rings is 1. The molecule has 0 radical (unpaired) electrons. The number of thioether (sulfide) groups is 1. The van der Waals surface area contributed by atoms with E-state index >= 15 is 0 Å². The second-order valence-corrected chi connectivity index (χ2v) is 7.97. The molecule has 9 nitrogen and oxygen atoms in total. The summed E-state index contributed by atoms with van der Waals surface area (Å²) in [6, 6.07) is 11.6. The van der Waals surface area contributed by atoms with Crippen LogP contribution in [0.2, 0.25) is 0 Å². The van der Waals surface area contributed by atoms with Gasteiger partial charge in [-0.2, -0.15) is 15.0 Å². The number of nitrogen functional groups attached to an aromatic ring is 1. The van der Waals surface area contributed by atoms with Crippen LogP contribution in [0.1, 0.15) is 12.7 Å². The summed E-state index contributed by atoms with van der Waals surface area (Å²) >= 11 is 3.15. The Hall–Kier alpha value is -3.18. The van der Waals surface area contributed by atoms with Gasteiger partial charge in [-0.15, -0.1) is 21.5 Å². The predicted molar refractivity (Wildman–Crippen MR) is 119 cm³/mol. The van der Waals surface area contributed by atoms with E-state index in [1.165, 1.54) is 11.8 Å². The number of nitrogens with two attached hydrogens (primary N) is 1. The van der Waals surface area contributed by atoms with Crippen molar-refractivity contribution in [2.75, 3.05) is 18.2 Å². The van der Waals surface area contributed by atoms with Crippen LogP contribution in [0.4, 0.5) is 17.6 Å². The SMILES string of the molecule is CCn1c(SCc2nc(N)nc(Nc3ccccc3OC)n2)nnc1-c1cccs1. The van der Waals surface area contributed by atoms with Crippen molar-refractivity contribution >= 4 is 40.7 Å². The fourth-order valence-electron chi connectivity index (χ4n) is 2.82. The van der Waals surface area contributed by atoms with Gasteiger partial charge in [-0.25, -0.2) is 0 Å². The molecule has 11 heteroatoms. The van der Waals surface area contributed by atoms with Crippen molar-refractivity contribution in [2.24, 2.45) is 0 Å². The summed E-state index contributed by atoms with van der Waals surface area (Å²) in [5.41, 5.74) is 6.65. The molecule has 3 N–H and O–H groups in total. The van der Waals surface area contributed by atoms with E-state index in [9.17, 15) is 0 Å². The molecule has 0 atom stereocenters. The van der Waals surface area contributed by atoms with Crippen LogP contribution in [0, 0.1) is 0 Å². The van der Waals surface area contributed by atoms with E-state index in [1.807, 2.05) is 41.8 Å². The second kappa shape index (κ2) is 9.09. The van der Waals surface area contributed by atoms with Gasteiger partial charge in [0, 0.05) is 6.54 Å². The van der Waals surface area contributed by atoms with Crippen LogP contribution >= 0.6 is 23.1 Å². The quantitative estimate of drug-likeness (QED) is 0.394.